The highest BCUT2D eigenvalue weighted by atomic mass is 32.1. The number of rotatable bonds is 4. The Hall–Kier alpha value is -2.28. The van der Waals surface area contributed by atoms with Crippen molar-refractivity contribution in [2.24, 2.45) is 0 Å². The third-order valence-electron chi connectivity index (χ3n) is 4.36. The fourth-order valence-electron chi connectivity index (χ4n) is 3.00. The van der Waals surface area contributed by atoms with Crippen molar-refractivity contribution >= 4 is 33.5 Å². The molecule has 2 heterocycles. The van der Waals surface area contributed by atoms with Gasteiger partial charge in [-0.25, -0.2) is 9.59 Å². The van der Waals surface area contributed by atoms with E-state index in [2.05, 4.69) is 28.1 Å². The van der Waals surface area contributed by atoms with Crippen molar-refractivity contribution in [1.29, 1.82) is 0 Å². The van der Waals surface area contributed by atoms with Crippen molar-refractivity contribution in [3.05, 3.63) is 35.2 Å². The van der Waals surface area contributed by atoms with Gasteiger partial charge in [0.15, 0.2) is 0 Å². The number of piperidine rings is 1. The minimum atomic E-state index is -0.269. The number of amides is 3. The number of carbonyl (C=O) groups excluding carboxylic acids is 2. The Morgan fingerprint density at radius 3 is 2.80 bits per heavy atom. The molecule has 0 spiro atoms. The zero-order valence-electron chi connectivity index (χ0n) is 14.3. The monoisotopic (exact) mass is 361 g/mol. The van der Waals surface area contributed by atoms with Gasteiger partial charge < -0.3 is 20.3 Å². The number of ether oxygens (including phenoxy) is 1. The zero-order chi connectivity index (χ0) is 17.6. The molecule has 0 saturated carbocycles. The molecular weight excluding hydrogens is 338 g/mol. The molecule has 1 aromatic carbocycles. The van der Waals surface area contributed by atoms with Crippen molar-refractivity contribution in [2.75, 3.05) is 19.7 Å². The average Bonchev–Trinajstić information content (AvgIpc) is 3.04. The van der Waals surface area contributed by atoms with Crippen LogP contribution in [0.4, 0.5) is 9.59 Å². The Labute approximate surface area is 151 Å². The third-order valence-corrected chi connectivity index (χ3v) is 5.37. The summed E-state index contributed by atoms with van der Waals surface area (Å²) in [6.45, 7) is 3.92. The summed E-state index contributed by atoms with van der Waals surface area (Å²) in [5, 5.41) is 9.20. The molecule has 2 N–H and O–H groups in total. The van der Waals surface area contributed by atoms with E-state index < -0.39 is 0 Å². The zero-order valence-corrected chi connectivity index (χ0v) is 15.1. The molecular formula is C18H23N3O3S. The highest BCUT2D eigenvalue weighted by Crippen LogP contribution is 2.25. The van der Waals surface area contributed by atoms with Crippen LogP contribution in [0.25, 0.3) is 10.1 Å². The number of carbonyl (C=O) groups is 2. The first-order valence-electron chi connectivity index (χ1n) is 8.58. The Morgan fingerprint density at radius 1 is 1.28 bits per heavy atom. The SMILES string of the molecule is CCOC(=O)N1CCC(NC(=O)NCc2csc3ccccc23)CC1. The number of nitrogens with zero attached hydrogens (tertiary/aromatic N) is 1. The predicted octanol–water partition coefficient (Wildman–Crippen LogP) is 3.32. The molecule has 1 aliphatic heterocycles. The molecule has 3 rings (SSSR count). The fourth-order valence-corrected chi connectivity index (χ4v) is 3.97. The Balaban J connectivity index is 1.44. The van der Waals surface area contributed by atoms with E-state index in [9.17, 15) is 9.59 Å². The van der Waals surface area contributed by atoms with Crippen LogP contribution in [0, 0.1) is 0 Å². The Bertz CT molecular complexity index is 738. The second-order valence-electron chi connectivity index (χ2n) is 6.04. The summed E-state index contributed by atoms with van der Waals surface area (Å²) < 4.78 is 6.23. The molecule has 0 unspecified atom stereocenters. The first-order valence-corrected chi connectivity index (χ1v) is 9.46. The molecule has 0 atom stereocenters. The lowest BCUT2D eigenvalue weighted by molar-refractivity contribution is 0.0957. The summed E-state index contributed by atoms with van der Waals surface area (Å²) in [5.74, 6) is 0. The summed E-state index contributed by atoms with van der Waals surface area (Å²) in [6, 6.07) is 8.11. The molecule has 2 aromatic rings. The highest BCUT2D eigenvalue weighted by Gasteiger charge is 2.24. The van der Waals surface area contributed by atoms with Crippen LogP contribution in [0.1, 0.15) is 25.3 Å². The molecule has 0 radical (unpaired) electrons. The Morgan fingerprint density at radius 2 is 2.04 bits per heavy atom. The van der Waals surface area contributed by atoms with Gasteiger partial charge >= 0.3 is 12.1 Å². The lowest BCUT2D eigenvalue weighted by Gasteiger charge is -2.31. The van der Waals surface area contributed by atoms with E-state index in [-0.39, 0.29) is 18.2 Å². The van der Waals surface area contributed by atoms with Gasteiger partial charge in [0.1, 0.15) is 0 Å². The summed E-state index contributed by atoms with van der Waals surface area (Å²) in [7, 11) is 0. The number of nitrogens with one attached hydrogen (secondary N) is 2. The van der Waals surface area contributed by atoms with Gasteiger partial charge in [-0.15, -0.1) is 11.3 Å². The molecule has 134 valence electrons. The molecule has 1 fully saturated rings. The van der Waals surface area contributed by atoms with E-state index in [4.69, 9.17) is 4.74 Å². The van der Waals surface area contributed by atoms with Crippen molar-refractivity contribution in [3.63, 3.8) is 0 Å². The average molecular weight is 361 g/mol. The highest BCUT2D eigenvalue weighted by molar-refractivity contribution is 7.17. The van der Waals surface area contributed by atoms with Crippen molar-refractivity contribution in [3.8, 4) is 0 Å². The number of benzene rings is 1. The van der Waals surface area contributed by atoms with Crippen molar-refractivity contribution in [2.45, 2.75) is 32.4 Å². The number of fused-ring (bicyclic) bond motifs is 1. The van der Waals surface area contributed by atoms with Gasteiger partial charge in [0.25, 0.3) is 0 Å². The third kappa shape index (κ3) is 4.42. The van der Waals surface area contributed by atoms with E-state index in [0.29, 0.717) is 26.2 Å². The number of likely N-dealkylation sites (tertiary alicyclic amines) is 1. The minimum absolute atomic E-state index is 0.0879. The summed E-state index contributed by atoms with van der Waals surface area (Å²) in [6.07, 6.45) is 1.22. The van der Waals surface area contributed by atoms with E-state index >= 15 is 0 Å². The van der Waals surface area contributed by atoms with Crippen LogP contribution in [-0.4, -0.2) is 42.8 Å². The number of hydrogen-bond acceptors (Lipinski definition) is 4. The van der Waals surface area contributed by atoms with Gasteiger partial charge in [-0.05, 0) is 42.2 Å². The van der Waals surface area contributed by atoms with Gasteiger partial charge in [-0.1, -0.05) is 18.2 Å². The maximum absolute atomic E-state index is 12.1. The molecule has 0 bridgehead atoms. The summed E-state index contributed by atoms with van der Waals surface area (Å²) >= 11 is 1.69. The molecule has 7 heteroatoms. The van der Waals surface area contributed by atoms with Crippen LogP contribution in [0.3, 0.4) is 0 Å². The smallest absolute Gasteiger partial charge is 0.409 e. The molecule has 0 aliphatic carbocycles. The van der Waals surface area contributed by atoms with E-state index in [1.807, 2.05) is 12.1 Å². The van der Waals surface area contributed by atoms with E-state index in [1.165, 1.54) is 10.1 Å². The van der Waals surface area contributed by atoms with Gasteiger partial charge in [0.2, 0.25) is 0 Å². The topological polar surface area (TPSA) is 70.7 Å². The van der Waals surface area contributed by atoms with Crippen LogP contribution in [0.15, 0.2) is 29.6 Å². The van der Waals surface area contributed by atoms with Gasteiger partial charge in [-0.3, -0.25) is 0 Å². The van der Waals surface area contributed by atoms with Crippen LogP contribution in [0.2, 0.25) is 0 Å². The maximum Gasteiger partial charge on any atom is 0.409 e. The maximum atomic E-state index is 12.1. The molecule has 6 nitrogen and oxygen atoms in total. The Kier molecular flexibility index (Phi) is 5.75. The van der Waals surface area contributed by atoms with Gasteiger partial charge in [0, 0.05) is 30.4 Å². The first-order chi connectivity index (χ1) is 12.2. The van der Waals surface area contributed by atoms with Crippen LogP contribution >= 0.6 is 11.3 Å². The van der Waals surface area contributed by atoms with E-state index in [0.717, 1.165) is 18.4 Å². The van der Waals surface area contributed by atoms with Crippen molar-refractivity contribution in [1.82, 2.24) is 15.5 Å². The largest absolute Gasteiger partial charge is 0.450 e. The lowest BCUT2D eigenvalue weighted by atomic mass is 10.1. The quantitative estimate of drug-likeness (QED) is 0.878. The van der Waals surface area contributed by atoms with Gasteiger partial charge in [-0.2, -0.15) is 0 Å². The first kappa shape index (κ1) is 17.5. The summed E-state index contributed by atoms with van der Waals surface area (Å²) in [5.41, 5.74) is 1.13. The standard InChI is InChI=1S/C18H23N3O3S/c1-2-24-18(23)21-9-7-14(8-10-21)20-17(22)19-11-13-12-25-16-6-4-3-5-15(13)16/h3-6,12,14H,2,7-11H2,1H3,(H2,19,20,22). The minimum Gasteiger partial charge on any atom is -0.450 e. The van der Waals surface area contributed by atoms with Crippen molar-refractivity contribution < 1.29 is 14.3 Å². The van der Waals surface area contributed by atoms with E-state index in [1.54, 1.807) is 23.2 Å². The second-order valence-corrected chi connectivity index (χ2v) is 6.96. The number of hydrogen-bond donors (Lipinski definition) is 2. The molecule has 1 aliphatic rings. The number of thiophene rings is 1. The van der Waals surface area contributed by atoms with Crippen LogP contribution < -0.4 is 10.6 Å². The second kappa shape index (κ2) is 8.20. The van der Waals surface area contributed by atoms with Gasteiger partial charge in [0.05, 0.1) is 6.61 Å². The molecule has 3 amide bonds. The molecule has 1 aromatic heterocycles. The lowest BCUT2D eigenvalue weighted by Crippen LogP contribution is -2.49. The normalized spacial score (nSPS) is 15.2. The molecule has 1 saturated heterocycles. The van der Waals surface area contributed by atoms with Crippen LogP contribution in [0.5, 0.6) is 0 Å². The summed E-state index contributed by atoms with van der Waals surface area (Å²) in [4.78, 5) is 25.5. The van der Waals surface area contributed by atoms with Crippen LogP contribution in [-0.2, 0) is 11.3 Å². The predicted molar refractivity (Wildman–Crippen MR) is 98.8 cm³/mol. The number of urea groups is 1. The fraction of sp³-hybridized carbons (Fsp3) is 0.444. The molecule has 25 heavy (non-hydrogen) atoms.